The molecule has 1 aliphatic rings. The number of halogens is 1. The van der Waals surface area contributed by atoms with Crippen molar-refractivity contribution in [3.05, 3.63) is 72.4 Å². The molecule has 0 bridgehead atoms. The van der Waals surface area contributed by atoms with Crippen LogP contribution in [-0.2, 0) is 11.2 Å². The van der Waals surface area contributed by atoms with Crippen LogP contribution in [-0.4, -0.2) is 28.1 Å². The second-order valence-corrected chi connectivity index (χ2v) is 6.76. The SMILES string of the molecule is CC(=O)NC(Cc1cccc(F)c1)C1Nc2cc(-c3ccncc3)cnc2N1. The fourth-order valence-electron chi connectivity index (χ4n) is 3.38. The summed E-state index contributed by atoms with van der Waals surface area (Å²) in [7, 11) is 0. The van der Waals surface area contributed by atoms with E-state index < -0.39 is 0 Å². The first-order valence-electron chi connectivity index (χ1n) is 9.03. The molecule has 28 heavy (non-hydrogen) atoms. The van der Waals surface area contributed by atoms with Crippen molar-refractivity contribution in [3.8, 4) is 11.1 Å². The maximum absolute atomic E-state index is 13.5. The summed E-state index contributed by atoms with van der Waals surface area (Å²) in [6, 6.07) is 12.0. The third-order valence-electron chi connectivity index (χ3n) is 4.64. The quantitative estimate of drug-likeness (QED) is 0.636. The topological polar surface area (TPSA) is 78.9 Å². The van der Waals surface area contributed by atoms with E-state index in [0.717, 1.165) is 28.2 Å². The molecule has 7 heteroatoms. The lowest BCUT2D eigenvalue weighted by molar-refractivity contribution is -0.119. The van der Waals surface area contributed by atoms with Gasteiger partial charge in [-0.05, 0) is 47.9 Å². The molecule has 1 amide bonds. The molecule has 0 saturated heterocycles. The van der Waals surface area contributed by atoms with Gasteiger partial charge in [0.1, 0.15) is 12.0 Å². The number of aromatic nitrogens is 2. The number of amides is 1. The molecule has 2 aromatic heterocycles. The summed E-state index contributed by atoms with van der Waals surface area (Å²) in [6.45, 7) is 1.47. The highest BCUT2D eigenvalue weighted by molar-refractivity contribution is 5.78. The summed E-state index contributed by atoms with van der Waals surface area (Å²) < 4.78 is 13.5. The van der Waals surface area contributed by atoms with Crippen LogP contribution in [0.15, 0.2) is 61.1 Å². The monoisotopic (exact) mass is 377 g/mol. The maximum Gasteiger partial charge on any atom is 0.217 e. The first kappa shape index (κ1) is 17.9. The smallest absolute Gasteiger partial charge is 0.217 e. The van der Waals surface area contributed by atoms with Crippen LogP contribution in [0.3, 0.4) is 0 Å². The minimum Gasteiger partial charge on any atom is -0.361 e. The molecule has 3 N–H and O–H groups in total. The van der Waals surface area contributed by atoms with E-state index in [0.29, 0.717) is 6.42 Å². The molecule has 2 unspecified atom stereocenters. The predicted octanol–water partition coefficient (Wildman–Crippen LogP) is 3.19. The minimum atomic E-state index is -0.293. The van der Waals surface area contributed by atoms with Crippen LogP contribution in [0.1, 0.15) is 12.5 Å². The fraction of sp³-hybridized carbons (Fsp3) is 0.190. The van der Waals surface area contributed by atoms with Crippen molar-refractivity contribution in [1.29, 1.82) is 0 Å². The summed E-state index contributed by atoms with van der Waals surface area (Å²) in [5.41, 5.74) is 3.66. The molecule has 1 aromatic carbocycles. The van der Waals surface area contributed by atoms with Gasteiger partial charge >= 0.3 is 0 Å². The molecule has 6 nitrogen and oxygen atoms in total. The Bertz CT molecular complexity index is 995. The number of hydrogen-bond donors (Lipinski definition) is 3. The highest BCUT2D eigenvalue weighted by atomic mass is 19.1. The lowest BCUT2D eigenvalue weighted by atomic mass is 10.0. The largest absolute Gasteiger partial charge is 0.361 e. The van der Waals surface area contributed by atoms with Crippen molar-refractivity contribution in [1.82, 2.24) is 15.3 Å². The normalized spacial score (nSPS) is 15.9. The van der Waals surface area contributed by atoms with E-state index in [1.54, 1.807) is 24.7 Å². The average molecular weight is 377 g/mol. The van der Waals surface area contributed by atoms with Gasteiger partial charge in [0.15, 0.2) is 5.82 Å². The van der Waals surface area contributed by atoms with Gasteiger partial charge < -0.3 is 16.0 Å². The van der Waals surface area contributed by atoms with Crippen LogP contribution in [0.4, 0.5) is 15.9 Å². The third kappa shape index (κ3) is 3.93. The van der Waals surface area contributed by atoms with E-state index >= 15 is 0 Å². The van der Waals surface area contributed by atoms with E-state index in [1.807, 2.05) is 24.3 Å². The van der Waals surface area contributed by atoms with Gasteiger partial charge in [-0.2, -0.15) is 0 Å². The standard InChI is InChI=1S/C21H20FN5O/c1-13(28)25-18(10-14-3-2-4-17(22)9-14)21-26-19-11-16(12-24-20(19)27-21)15-5-7-23-8-6-15/h2-9,11-12,18,21,26H,10H2,1H3,(H,24,27)(H,25,28). The molecule has 0 saturated carbocycles. The Hall–Kier alpha value is -3.48. The molecule has 2 atom stereocenters. The Labute approximate surface area is 162 Å². The van der Waals surface area contributed by atoms with Gasteiger partial charge in [0.25, 0.3) is 0 Å². The molecule has 0 radical (unpaired) electrons. The van der Waals surface area contributed by atoms with E-state index in [-0.39, 0.29) is 23.9 Å². The van der Waals surface area contributed by atoms with Gasteiger partial charge in [-0.25, -0.2) is 9.37 Å². The number of nitrogens with one attached hydrogen (secondary N) is 3. The molecule has 0 spiro atoms. The second-order valence-electron chi connectivity index (χ2n) is 6.76. The van der Waals surface area contributed by atoms with Gasteiger partial charge in [0.2, 0.25) is 5.91 Å². The lowest BCUT2D eigenvalue weighted by Gasteiger charge is -2.25. The van der Waals surface area contributed by atoms with E-state index in [4.69, 9.17) is 0 Å². The molecule has 0 fully saturated rings. The van der Waals surface area contributed by atoms with Gasteiger partial charge in [-0.1, -0.05) is 12.1 Å². The summed E-state index contributed by atoms with van der Waals surface area (Å²) >= 11 is 0. The Morgan fingerprint density at radius 2 is 2.00 bits per heavy atom. The highest BCUT2D eigenvalue weighted by Gasteiger charge is 2.29. The van der Waals surface area contributed by atoms with Gasteiger partial charge in [-0.15, -0.1) is 0 Å². The van der Waals surface area contributed by atoms with Crippen LogP contribution in [0.5, 0.6) is 0 Å². The van der Waals surface area contributed by atoms with E-state index in [2.05, 4.69) is 25.9 Å². The molecular formula is C21H20FN5O. The van der Waals surface area contributed by atoms with Crippen molar-refractivity contribution in [3.63, 3.8) is 0 Å². The number of benzene rings is 1. The number of fused-ring (bicyclic) bond motifs is 1. The number of anilines is 2. The summed E-state index contributed by atoms with van der Waals surface area (Å²) in [4.78, 5) is 20.3. The van der Waals surface area contributed by atoms with Gasteiger partial charge in [-0.3, -0.25) is 9.78 Å². The highest BCUT2D eigenvalue weighted by Crippen LogP contribution is 2.32. The van der Waals surface area contributed by atoms with Crippen molar-refractivity contribution < 1.29 is 9.18 Å². The van der Waals surface area contributed by atoms with Crippen molar-refractivity contribution in [2.45, 2.75) is 25.6 Å². The fourth-order valence-corrected chi connectivity index (χ4v) is 3.38. The average Bonchev–Trinajstić information content (AvgIpc) is 3.11. The van der Waals surface area contributed by atoms with Crippen molar-refractivity contribution in [2.75, 3.05) is 10.6 Å². The van der Waals surface area contributed by atoms with Crippen LogP contribution in [0.2, 0.25) is 0 Å². The number of rotatable bonds is 5. The lowest BCUT2D eigenvalue weighted by Crippen LogP contribution is -2.49. The van der Waals surface area contributed by atoms with E-state index in [9.17, 15) is 9.18 Å². The minimum absolute atomic E-state index is 0.147. The van der Waals surface area contributed by atoms with Crippen molar-refractivity contribution in [2.24, 2.45) is 0 Å². The molecule has 4 rings (SSSR count). The number of hydrogen-bond acceptors (Lipinski definition) is 5. The van der Waals surface area contributed by atoms with E-state index in [1.165, 1.54) is 19.1 Å². The molecule has 0 aliphatic carbocycles. The Morgan fingerprint density at radius 1 is 1.18 bits per heavy atom. The second kappa shape index (κ2) is 7.64. The Balaban J connectivity index is 1.55. The van der Waals surface area contributed by atoms with Crippen molar-refractivity contribution >= 4 is 17.4 Å². The van der Waals surface area contributed by atoms with Crippen LogP contribution in [0, 0.1) is 5.82 Å². The maximum atomic E-state index is 13.5. The van der Waals surface area contributed by atoms with Crippen LogP contribution < -0.4 is 16.0 Å². The third-order valence-corrected chi connectivity index (χ3v) is 4.64. The Morgan fingerprint density at radius 3 is 2.75 bits per heavy atom. The number of nitrogens with zero attached hydrogens (tertiary/aromatic N) is 2. The zero-order valence-corrected chi connectivity index (χ0v) is 15.3. The molecule has 142 valence electrons. The van der Waals surface area contributed by atoms with Crippen LogP contribution in [0.25, 0.3) is 11.1 Å². The summed E-state index contributed by atoms with van der Waals surface area (Å²) in [5.74, 6) is 0.280. The number of carbonyl (C=O) groups is 1. The molecule has 3 heterocycles. The molecule has 3 aromatic rings. The first-order chi connectivity index (χ1) is 13.6. The van der Waals surface area contributed by atoms with Gasteiger partial charge in [0.05, 0.1) is 11.7 Å². The van der Waals surface area contributed by atoms with Crippen LogP contribution >= 0.6 is 0 Å². The van der Waals surface area contributed by atoms with Gasteiger partial charge in [0, 0.05) is 31.1 Å². The Kier molecular flexibility index (Phi) is 4.89. The molecule has 1 aliphatic heterocycles. The predicted molar refractivity (Wildman–Crippen MR) is 106 cm³/mol. The number of pyridine rings is 2. The zero-order valence-electron chi connectivity index (χ0n) is 15.3. The molecular weight excluding hydrogens is 357 g/mol. The first-order valence-corrected chi connectivity index (χ1v) is 9.03. The number of carbonyl (C=O) groups excluding carboxylic acids is 1. The zero-order chi connectivity index (χ0) is 19.5. The summed E-state index contributed by atoms with van der Waals surface area (Å²) in [6.07, 6.45) is 5.49. The summed E-state index contributed by atoms with van der Waals surface area (Å²) in [5, 5.41) is 9.65.